The van der Waals surface area contributed by atoms with Crippen molar-refractivity contribution in [1.29, 1.82) is 0 Å². The fourth-order valence-corrected chi connectivity index (χ4v) is 7.37. The van der Waals surface area contributed by atoms with Crippen LogP contribution in [0, 0.1) is 17.3 Å². The minimum atomic E-state index is -0.197. The zero-order valence-corrected chi connectivity index (χ0v) is 15.9. The van der Waals surface area contributed by atoms with Gasteiger partial charge in [0.1, 0.15) is 0 Å². The van der Waals surface area contributed by atoms with Gasteiger partial charge < -0.3 is 14.8 Å². The maximum absolute atomic E-state index is 13.2. The van der Waals surface area contributed by atoms with Crippen molar-refractivity contribution in [2.24, 2.45) is 17.3 Å². The normalized spacial score (nSPS) is 38.3. The molecule has 6 rings (SSSR count). The van der Waals surface area contributed by atoms with E-state index in [1.54, 1.807) is 0 Å². The van der Waals surface area contributed by atoms with Crippen molar-refractivity contribution in [2.45, 2.75) is 49.3 Å². The number of carbonyl (C=O) groups excluding carboxylic acids is 1. The van der Waals surface area contributed by atoms with Gasteiger partial charge in [-0.3, -0.25) is 4.79 Å². The Morgan fingerprint density at radius 2 is 1.80 bits per heavy atom. The Morgan fingerprint density at radius 1 is 1.08 bits per heavy atom. The third-order valence-electron chi connectivity index (χ3n) is 6.48. The third-order valence-corrected chi connectivity index (χ3v) is 7.40. The Labute approximate surface area is 156 Å². The molecule has 134 valence electrons. The highest BCUT2D eigenvalue weighted by Gasteiger charge is 2.59. The Kier molecular flexibility index (Phi) is 3.60. The quantitative estimate of drug-likeness (QED) is 0.735. The number of hydrogen-bond acceptors (Lipinski definition) is 3. The molecule has 5 aliphatic rings. The summed E-state index contributed by atoms with van der Waals surface area (Å²) >= 11 is 3.99. The smallest absolute Gasteiger partial charge is 0.230 e. The average molecular weight is 406 g/mol. The molecule has 1 heterocycles. The van der Waals surface area contributed by atoms with E-state index in [1.807, 2.05) is 18.2 Å². The summed E-state index contributed by atoms with van der Waals surface area (Å²) in [6.07, 6.45) is 7.75. The molecule has 4 saturated carbocycles. The summed E-state index contributed by atoms with van der Waals surface area (Å²) in [6.45, 7) is 1.34. The van der Waals surface area contributed by atoms with E-state index < -0.39 is 0 Å². The number of fused-ring (bicyclic) bond motifs is 1. The van der Waals surface area contributed by atoms with Gasteiger partial charge in [-0.05, 0) is 62.5 Å². The number of benzene rings is 1. The van der Waals surface area contributed by atoms with Gasteiger partial charge in [-0.25, -0.2) is 0 Å². The largest absolute Gasteiger partial charge is 0.490 e. The first kappa shape index (κ1) is 16.0. The van der Waals surface area contributed by atoms with E-state index in [4.69, 9.17) is 9.47 Å². The molecule has 0 aromatic heterocycles. The second-order valence-electron chi connectivity index (χ2n) is 8.56. The van der Waals surface area contributed by atoms with Crippen LogP contribution in [0.2, 0.25) is 0 Å². The van der Waals surface area contributed by atoms with Crippen molar-refractivity contribution in [2.75, 3.05) is 18.5 Å². The average Bonchev–Trinajstić information content (AvgIpc) is 2.77. The molecule has 1 aliphatic heterocycles. The highest BCUT2D eigenvalue weighted by molar-refractivity contribution is 9.10. The third kappa shape index (κ3) is 2.75. The zero-order valence-electron chi connectivity index (χ0n) is 14.4. The lowest BCUT2D eigenvalue weighted by Gasteiger charge is -2.59. The number of rotatable bonds is 2. The maximum Gasteiger partial charge on any atom is 0.230 e. The standard InChI is InChI=1S/C20H24BrNO3/c21-20-10-13-6-14(11-20)9-19(8-13,12-20)18(23)22-15-2-3-16-17(7-15)25-5-1-4-24-16/h2-3,7,13-14H,1,4-6,8-12H2,(H,22,23). The van der Waals surface area contributed by atoms with Crippen LogP contribution in [0.3, 0.4) is 0 Å². The highest BCUT2D eigenvalue weighted by Crippen LogP contribution is 2.64. The first-order valence-electron chi connectivity index (χ1n) is 9.44. The van der Waals surface area contributed by atoms with Gasteiger partial charge >= 0.3 is 0 Å². The molecule has 5 heteroatoms. The molecule has 4 nitrogen and oxygen atoms in total. The molecule has 1 amide bonds. The summed E-state index contributed by atoms with van der Waals surface area (Å²) in [7, 11) is 0. The Balaban J connectivity index is 1.38. The van der Waals surface area contributed by atoms with Crippen molar-refractivity contribution < 1.29 is 14.3 Å². The zero-order chi connectivity index (χ0) is 17.1. The first-order valence-corrected chi connectivity index (χ1v) is 10.2. The summed E-state index contributed by atoms with van der Waals surface area (Å²) in [5.74, 6) is 3.10. The number of hydrogen-bond donors (Lipinski definition) is 1. The van der Waals surface area contributed by atoms with Crippen LogP contribution in [0.5, 0.6) is 11.5 Å². The molecule has 1 aromatic rings. The molecular formula is C20H24BrNO3. The predicted octanol–water partition coefficient (Wildman–Crippen LogP) is 4.52. The van der Waals surface area contributed by atoms with Crippen LogP contribution >= 0.6 is 15.9 Å². The van der Waals surface area contributed by atoms with E-state index in [9.17, 15) is 4.79 Å². The molecule has 2 atom stereocenters. The molecule has 4 bridgehead atoms. The Morgan fingerprint density at radius 3 is 2.52 bits per heavy atom. The van der Waals surface area contributed by atoms with Crippen molar-refractivity contribution in [1.82, 2.24) is 0 Å². The molecule has 0 spiro atoms. The number of carbonyl (C=O) groups is 1. The minimum absolute atomic E-state index is 0.194. The number of anilines is 1. The van der Waals surface area contributed by atoms with E-state index in [0.29, 0.717) is 25.0 Å². The summed E-state index contributed by atoms with van der Waals surface area (Å²) in [5.41, 5.74) is 0.617. The van der Waals surface area contributed by atoms with E-state index in [0.717, 1.165) is 42.9 Å². The second-order valence-corrected chi connectivity index (χ2v) is 10.2. The van der Waals surface area contributed by atoms with Crippen LogP contribution in [0.25, 0.3) is 0 Å². The number of nitrogens with one attached hydrogen (secondary N) is 1. The number of ether oxygens (including phenoxy) is 2. The van der Waals surface area contributed by atoms with Gasteiger partial charge in [0.15, 0.2) is 11.5 Å². The first-order chi connectivity index (χ1) is 12.0. The van der Waals surface area contributed by atoms with Crippen LogP contribution in [-0.2, 0) is 4.79 Å². The van der Waals surface area contributed by atoms with Gasteiger partial charge in [0.25, 0.3) is 0 Å². The molecule has 0 radical (unpaired) electrons. The Bertz CT molecular complexity index is 705. The van der Waals surface area contributed by atoms with Crippen LogP contribution < -0.4 is 14.8 Å². The van der Waals surface area contributed by atoms with E-state index in [2.05, 4.69) is 21.2 Å². The predicted molar refractivity (Wildman–Crippen MR) is 99.5 cm³/mol. The summed E-state index contributed by atoms with van der Waals surface area (Å²) < 4.78 is 11.6. The molecule has 2 unspecified atom stereocenters. The fraction of sp³-hybridized carbons (Fsp3) is 0.650. The lowest BCUT2D eigenvalue weighted by Crippen LogP contribution is -2.57. The lowest BCUT2D eigenvalue weighted by molar-refractivity contribution is -0.138. The highest BCUT2D eigenvalue weighted by atomic mass is 79.9. The van der Waals surface area contributed by atoms with Gasteiger partial charge in [-0.15, -0.1) is 0 Å². The lowest BCUT2D eigenvalue weighted by atomic mass is 9.49. The molecule has 0 saturated heterocycles. The molecule has 25 heavy (non-hydrogen) atoms. The minimum Gasteiger partial charge on any atom is -0.490 e. The van der Waals surface area contributed by atoms with Crippen LogP contribution in [-0.4, -0.2) is 23.4 Å². The van der Waals surface area contributed by atoms with Gasteiger partial charge in [0.05, 0.1) is 18.6 Å². The SMILES string of the molecule is O=C(Nc1ccc2c(c1)OCCCO2)C12CC3CC(CC(Br)(C3)C1)C2. The van der Waals surface area contributed by atoms with E-state index >= 15 is 0 Å². The summed E-state index contributed by atoms with van der Waals surface area (Å²) in [5, 5.41) is 3.19. The maximum atomic E-state index is 13.2. The van der Waals surface area contributed by atoms with Crippen LogP contribution in [0.4, 0.5) is 5.69 Å². The molecular weight excluding hydrogens is 382 g/mol. The van der Waals surface area contributed by atoms with Crippen LogP contribution in [0.15, 0.2) is 18.2 Å². The summed E-state index contributed by atoms with van der Waals surface area (Å²) in [6, 6.07) is 5.74. The summed E-state index contributed by atoms with van der Waals surface area (Å²) in [4.78, 5) is 13.2. The number of alkyl halides is 1. The van der Waals surface area contributed by atoms with Crippen molar-refractivity contribution in [3.05, 3.63) is 18.2 Å². The van der Waals surface area contributed by atoms with E-state index in [1.165, 1.54) is 19.3 Å². The molecule has 4 aliphatic carbocycles. The molecule has 1 N–H and O–H groups in total. The van der Waals surface area contributed by atoms with Crippen molar-refractivity contribution in [3.8, 4) is 11.5 Å². The topological polar surface area (TPSA) is 47.6 Å². The van der Waals surface area contributed by atoms with E-state index in [-0.39, 0.29) is 15.6 Å². The number of halogens is 1. The van der Waals surface area contributed by atoms with Crippen molar-refractivity contribution in [3.63, 3.8) is 0 Å². The van der Waals surface area contributed by atoms with Gasteiger partial charge in [-0.2, -0.15) is 0 Å². The van der Waals surface area contributed by atoms with Gasteiger partial charge in [-0.1, -0.05) is 15.9 Å². The monoisotopic (exact) mass is 405 g/mol. The van der Waals surface area contributed by atoms with Crippen LogP contribution in [0.1, 0.15) is 44.9 Å². The fourth-order valence-electron chi connectivity index (χ4n) is 5.92. The Hall–Kier alpha value is -1.23. The van der Waals surface area contributed by atoms with Gasteiger partial charge in [0, 0.05) is 22.5 Å². The molecule has 4 fully saturated rings. The van der Waals surface area contributed by atoms with Crippen molar-refractivity contribution >= 4 is 27.5 Å². The molecule has 1 aromatic carbocycles. The second kappa shape index (κ2) is 5.63. The van der Waals surface area contributed by atoms with Gasteiger partial charge in [0.2, 0.25) is 5.91 Å². The number of amides is 1.